The molecule has 1 aromatic carbocycles. The molecule has 1 fully saturated rings. The molecule has 0 bridgehead atoms. The third kappa shape index (κ3) is 2.53. The maximum absolute atomic E-state index is 12.9. The minimum absolute atomic E-state index is 0.0990. The molecule has 0 radical (unpaired) electrons. The molecule has 134 valence electrons. The van der Waals surface area contributed by atoms with Gasteiger partial charge in [-0.05, 0) is 43.2 Å². The summed E-state index contributed by atoms with van der Waals surface area (Å²) in [5.74, 6) is -0.858. The highest BCUT2D eigenvalue weighted by atomic mass is 32.2. The first-order valence-electron chi connectivity index (χ1n) is 8.29. The van der Waals surface area contributed by atoms with Crippen molar-refractivity contribution in [2.75, 3.05) is 13.1 Å². The molecular formula is C18H17N3O4S. The van der Waals surface area contributed by atoms with E-state index in [0.717, 1.165) is 10.5 Å². The predicted molar refractivity (Wildman–Crippen MR) is 93.1 cm³/mol. The average Bonchev–Trinajstić information content (AvgIpc) is 3.20. The molecular weight excluding hydrogens is 354 g/mol. The van der Waals surface area contributed by atoms with Crippen LogP contribution in [0.5, 0.6) is 0 Å². The number of benzene rings is 1. The SMILES string of the molecule is Cc1cccc(S(=O)(=O)N2CCC(N3C(=O)c4cccnc4C3=O)C2)c1. The van der Waals surface area contributed by atoms with E-state index in [2.05, 4.69) is 4.98 Å². The van der Waals surface area contributed by atoms with Crippen molar-refractivity contribution < 1.29 is 18.0 Å². The van der Waals surface area contributed by atoms with Crippen LogP contribution in [0.2, 0.25) is 0 Å². The summed E-state index contributed by atoms with van der Waals surface area (Å²) in [4.78, 5) is 30.5. The first-order chi connectivity index (χ1) is 12.4. The smallest absolute Gasteiger partial charge is 0.268 e. The fraction of sp³-hybridized carbons (Fsp3) is 0.278. The fourth-order valence-electron chi connectivity index (χ4n) is 3.48. The lowest BCUT2D eigenvalue weighted by atomic mass is 10.2. The third-order valence-corrected chi connectivity index (χ3v) is 6.66. The number of hydrogen-bond acceptors (Lipinski definition) is 5. The second-order valence-electron chi connectivity index (χ2n) is 6.50. The minimum Gasteiger partial charge on any atom is -0.268 e. The summed E-state index contributed by atoms with van der Waals surface area (Å²) < 4.78 is 27.0. The number of aromatic nitrogens is 1. The molecule has 2 aliphatic rings. The number of pyridine rings is 1. The Hall–Kier alpha value is -2.58. The van der Waals surface area contributed by atoms with E-state index >= 15 is 0 Å². The molecule has 0 spiro atoms. The van der Waals surface area contributed by atoms with Gasteiger partial charge in [0.25, 0.3) is 11.8 Å². The van der Waals surface area contributed by atoms with E-state index in [1.807, 2.05) is 13.0 Å². The number of amides is 2. The van der Waals surface area contributed by atoms with Crippen LogP contribution in [0.3, 0.4) is 0 Å². The van der Waals surface area contributed by atoms with Gasteiger partial charge in [-0.3, -0.25) is 19.5 Å². The Morgan fingerprint density at radius 2 is 1.92 bits per heavy atom. The number of carbonyl (C=O) groups is 2. The molecule has 0 saturated carbocycles. The Morgan fingerprint density at radius 1 is 1.12 bits per heavy atom. The molecule has 0 N–H and O–H groups in total. The molecule has 1 atom stereocenters. The number of rotatable bonds is 3. The van der Waals surface area contributed by atoms with Gasteiger partial charge in [0.05, 0.1) is 16.5 Å². The van der Waals surface area contributed by atoms with Gasteiger partial charge in [0.15, 0.2) is 0 Å². The molecule has 1 unspecified atom stereocenters. The lowest BCUT2D eigenvalue weighted by Gasteiger charge is -2.22. The maximum atomic E-state index is 12.9. The van der Waals surface area contributed by atoms with Gasteiger partial charge in [-0.1, -0.05) is 12.1 Å². The molecule has 2 amide bonds. The summed E-state index contributed by atoms with van der Waals surface area (Å²) in [5, 5.41) is 0. The van der Waals surface area contributed by atoms with Crippen LogP contribution in [0.15, 0.2) is 47.5 Å². The summed E-state index contributed by atoms with van der Waals surface area (Å²) in [6, 6.07) is 9.40. The third-order valence-electron chi connectivity index (χ3n) is 4.80. The van der Waals surface area contributed by atoms with Crippen LogP contribution in [0, 0.1) is 6.92 Å². The van der Waals surface area contributed by atoms with Crippen LogP contribution >= 0.6 is 0 Å². The number of fused-ring (bicyclic) bond motifs is 1. The first-order valence-corrected chi connectivity index (χ1v) is 9.73. The number of hydrogen-bond donors (Lipinski definition) is 0. The molecule has 26 heavy (non-hydrogen) atoms. The normalized spacial score (nSPS) is 20.7. The summed E-state index contributed by atoms with van der Waals surface area (Å²) in [6.45, 7) is 2.20. The lowest BCUT2D eigenvalue weighted by Crippen LogP contribution is -2.42. The number of carbonyl (C=O) groups excluding carboxylic acids is 2. The van der Waals surface area contributed by atoms with Gasteiger partial charge < -0.3 is 0 Å². The van der Waals surface area contributed by atoms with Crippen LogP contribution in [0.4, 0.5) is 0 Å². The number of nitrogens with zero attached hydrogens (tertiary/aromatic N) is 3. The Labute approximate surface area is 151 Å². The van der Waals surface area contributed by atoms with Crippen LogP contribution < -0.4 is 0 Å². The van der Waals surface area contributed by atoms with Gasteiger partial charge in [-0.2, -0.15) is 4.31 Å². The lowest BCUT2D eigenvalue weighted by molar-refractivity contribution is 0.0591. The molecule has 1 aromatic heterocycles. The van der Waals surface area contributed by atoms with E-state index < -0.39 is 27.9 Å². The summed E-state index contributed by atoms with van der Waals surface area (Å²) in [7, 11) is -3.66. The van der Waals surface area contributed by atoms with Gasteiger partial charge in [0, 0.05) is 19.3 Å². The molecule has 4 rings (SSSR count). The zero-order valence-corrected chi connectivity index (χ0v) is 14.9. The van der Waals surface area contributed by atoms with Crippen molar-refractivity contribution in [1.82, 2.24) is 14.2 Å². The molecule has 8 heteroatoms. The van der Waals surface area contributed by atoms with Crippen LogP contribution in [-0.2, 0) is 10.0 Å². The van der Waals surface area contributed by atoms with E-state index in [9.17, 15) is 18.0 Å². The zero-order valence-electron chi connectivity index (χ0n) is 14.1. The standard InChI is InChI=1S/C18H17N3O4S/c1-12-4-2-5-14(10-12)26(24,25)20-9-7-13(11-20)21-17(22)15-6-3-8-19-16(15)18(21)23/h2-6,8,10,13H,7,9,11H2,1H3. The highest BCUT2D eigenvalue weighted by Crippen LogP contribution is 2.29. The van der Waals surface area contributed by atoms with E-state index in [4.69, 9.17) is 0 Å². The Balaban J connectivity index is 1.58. The van der Waals surface area contributed by atoms with Crippen LogP contribution in [0.1, 0.15) is 32.8 Å². The molecule has 2 aromatic rings. The predicted octanol–water partition coefficient (Wildman–Crippen LogP) is 1.45. The average molecular weight is 371 g/mol. The van der Waals surface area contributed by atoms with E-state index in [0.29, 0.717) is 6.42 Å². The van der Waals surface area contributed by atoms with Gasteiger partial charge in [-0.25, -0.2) is 8.42 Å². The quantitative estimate of drug-likeness (QED) is 0.762. The van der Waals surface area contributed by atoms with Gasteiger partial charge >= 0.3 is 0 Å². The summed E-state index contributed by atoms with van der Waals surface area (Å²) >= 11 is 0. The number of imide groups is 1. The Bertz CT molecular complexity index is 984. The fourth-order valence-corrected chi connectivity index (χ4v) is 5.08. The molecule has 3 heterocycles. The highest BCUT2D eigenvalue weighted by Gasteiger charge is 2.45. The van der Waals surface area contributed by atoms with Gasteiger partial charge in [0.2, 0.25) is 10.0 Å². The van der Waals surface area contributed by atoms with Crippen molar-refractivity contribution in [2.45, 2.75) is 24.3 Å². The second-order valence-corrected chi connectivity index (χ2v) is 8.44. The Kier molecular flexibility index (Phi) is 3.89. The minimum atomic E-state index is -3.66. The second kappa shape index (κ2) is 6.00. The number of aryl methyl sites for hydroxylation is 1. The Morgan fingerprint density at radius 3 is 2.65 bits per heavy atom. The molecule has 1 saturated heterocycles. The van der Waals surface area contributed by atoms with Crippen molar-refractivity contribution in [2.24, 2.45) is 0 Å². The monoisotopic (exact) mass is 371 g/mol. The van der Waals surface area contributed by atoms with Crippen molar-refractivity contribution in [3.05, 3.63) is 59.4 Å². The maximum Gasteiger partial charge on any atom is 0.280 e. The topological polar surface area (TPSA) is 87.7 Å². The largest absolute Gasteiger partial charge is 0.280 e. The van der Waals surface area contributed by atoms with Crippen molar-refractivity contribution in [1.29, 1.82) is 0 Å². The van der Waals surface area contributed by atoms with Gasteiger partial charge in [0.1, 0.15) is 5.69 Å². The molecule has 0 aliphatic carbocycles. The highest BCUT2D eigenvalue weighted by molar-refractivity contribution is 7.89. The van der Waals surface area contributed by atoms with Crippen LogP contribution in [0.25, 0.3) is 0 Å². The van der Waals surface area contributed by atoms with Crippen molar-refractivity contribution in [3.8, 4) is 0 Å². The van der Waals surface area contributed by atoms with Gasteiger partial charge in [-0.15, -0.1) is 0 Å². The summed E-state index contributed by atoms with van der Waals surface area (Å²) in [6.07, 6.45) is 1.88. The van der Waals surface area contributed by atoms with Crippen molar-refractivity contribution in [3.63, 3.8) is 0 Å². The zero-order chi connectivity index (χ0) is 18.5. The number of sulfonamides is 1. The van der Waals surface area contributed by atoms with Crippen molar-refractivity contribution >= 4 is 21.8 Å². The molecule has 2 aliphatic heterocycles. The van der Waals surface area contributed by atoms with E-state index in [1.165, 1.54) is 10.5 Å². The summed E-state index contributed by atoms with van der Waals surface area (Å²) in [5.41, 5.74) is 1.27. The first kappa shape index (κ1) is 16.9. The van der Waals surface area contributed by atoms with Crippen LogP contribution in [-0.4, -0.2) is 53.6 Å². The van der Waals surface area contributed by atoms with E-state index in [-0.39, 0.29) is 29.2 Å². The molecule has 7 nitrogen and oxygen atoms in total. The van der Waals surface area contributed by atoms with E-state index in [1.54, 1.807) is 30.3 Å².